The molecule has 62 heavy (non-hydrogen) atoms. The van der Waals surface area contributed by atoms with E-state index < -0.39 is 24.3 Å². The van der Waals surface area contributed by atoms with Crippen LogP contribution in [0.25, 0.3) is 33.6 Å². The number of aromatic amines is 2. The van der Waals surface area contributed by atoms with E-state index in [1.165, 1.54) is 14.2 Å². The minimum Gasteiger partial charge on any atom is -0.465 e. The average Bonchev–Trinajstić information content (AvgIpc) is 4.16. The van der Waals surface area contributed by atoms with Gasteiger partial charge in [0, 0.05) is 56.8 Å². The molecule has 0 bridgehead atoms. The molecule has 2 aliphatic heterocycles. The van der Waals surface area contributed by atoms with Crippen LogP contribution in [-0.4, -0.2) is 113 Å². The van der Waals surface area contributed by atoms with Gasteiger partial charge in [-0.15, -0.1) is 0 Å². The molecular formula is C46H48N10O6. The first-order valence-corrected chi connectivity index (χ1v) is 20.7. The summed E-state index contributed by atoms with van der Waals surface area (Å²) < 4.78 is 4.82. The maximum Gasteiger partial charge on any atom is 0.407 e. The summed E-state index contributed by atoms with van der Waals surface area (Å²) in [6.45, 7) is 1.05. The lowest BCUT2D eigenvalue weighted by Gasteiger charge is -2.31. The van der Waals surface area contributed by atoms with E-state index in [2.05, 4.69) is 54.5 Å². The summed E-state index contributed by atoms with van der Waals surface area (Å²) in [4.78, 5) is 81.5. The maximum absolute atomic E-state index is 13.9. The highest BCUT2D eigenvalue weighted by molar-refractivity contribution is 5.87. The highest BCUT2D eigenvalue weighted by atomic mass is 16.5. The second kappa shape index (κ2) is 18.5. The normalized spacial score (nSPS) is 17.1. The lowest BCUT2D eigenvalue weighted by Crippen LogP contribution is -2.50. The van der Waals surface area contributed by atoms with Crippen LogP contribution in [0.2, 0.25) is 0 Å². The second-order valence-electron chi connectivity index (χ2n) is 15.5. The molecule has 4 aromatic heterocycles. The number of rotatable bonds is 13. The smallest absolute Gasteiger partial charge is 0.407 e. The van der Waals surface area contributed by atoms with Gasteiger partial charge in [-0.25, -0.2) is 19.6 Å². The van der Waals surface area contributed by atoms with Crippen molar-refractivity contribution >= 4 is 24.0 Å². The molecule has 16 heteroatoms. The predicted molar refractivity (Wildman–Crippen MR) is 229 cm³/mol. The van der Waals surface area contributed by atoms with Crippen molar-refractivity contribution in [1.82, 2.24) is 49.9 Å². The van der Waals surface area contributed by atoms with E-state index in [9.17, 15) is 24.3 Å². The van der Waals surface area contributed by atoms with E-state index in [4.69, 9.17) is 9.72 Å². The van der Waals surface area contributed by atoms with Crippen molar-refractivity contribution in [1.29, 1.82) is 0 Å². The monoisotopic (exact) mass is 836 g/mol. The molecule has 4 atom stereocenters. The zero-order chi connectivity index (χ0) is 43.2. The number of hydrogen-bond donors (Lipinski definition) is 4. The number of carboxylic acid groups (broad SMARTS) is 1. The van der Waals surface area contributed by atoms with E-state index >= 15 is 0 Å². The van der Waals surface area contributed by atoms with Crippen LogP contribution in [-0.2, 0) is 27.2 Å². The molecule has 16 nitrogen and oxygen atoms in total. The number of imidazole rings is 2. The Labute approximate surface area is 358 Å². The highest BCUT2D eigenvalue weighted by Gasteiger charge is 2.39. The number of carbonyl (C=O) groups excluding carboxylic acids is 3. The lowest BCUT2D eigenvalue weighted by molar-refractivity contribution is -0.137. The van der Waals surface area contributed by atoms with Gasteiger partial charge in [0.25, 0.3) is 0 Å². The molecule has 4 amide bonds. The number of carbonyl (C=O) groups is 4. The number of likely N-dealkylation sites (tertiary alicyclic amines) is 2. The molecule has 0 aliphatic carbocycles. The third-order valence-electron chi connectivity index (χ3n) is 11.7. The van der Waals surface area contributed by atoms with Crippen LogP contribution in [0.4, 0.5) is 9.59 Å². The number of nitrogens with one attached hydrogen (secondary N) is 3. The fraction of sp³-hybridized carbons (Fsp3) is 0.304. The van der Waals surface area contributed by atoms with E-state index in [1.54, 1.807) is 52.8 Å². The fourth-order valence-electron chi connectivity index (χ4n) is 8.38. The Morgan fingerprint density at radius 1 is 0.710 bits per heavy atom. The molecule has 2 aromatic carbocycles. The van der Waals surface area contributed by atoms with Crippen LogP contribution in [0, 0.1) is 0 Å². The maximum atomic E-state index is 13.9. The predicted octanol–water partition coefficient (Wildman–Crippen LogP) is 6.44. The molecule has 8 rings (SSSR count). The molecule has 0 radical (unpaired) electrons. The molecule has 6 aromatic rings. The van der Waals surface area contributed by atoms with Crippen LogP contribution in [0.5, 0.6) is 0 Å². The van der Waals surface area contributed by atoms with Gasteiger partial charge < -0.3 is 34.9 Å². The molecule has 0 spiro atoms. The first-order valence-electron chi connectivity index (χ1n) is 20.7. The summed E-state index contributed by atoms with van der Waals surface area (Å²) in [7, 11) is 2.69. The number of amides is 4. The third kappa shape index (κ3) is 9.04. The SMILES string of the molecule is COC(=O)N[C@@H](Cc1ccccn1)C(=O)N1CCCC1c1ncc(-c2ccc(-c3ccc(-c4cnc([C@@H]5CCCN5C(=O)[C@H](Cc5ccccn5)N(C)C(=O)O)[nH]4)cc3)cc2)[nH]1. The van der Waals surface area contributed by atoms with Crippen molar-refractivity contribution in [3.05, 3.63) is 133 Å². The number of likely N-dealkylation sites (N-methyl/N-ethyl adjacent to an activating group) is 1. The molecule has 4 N–H and O–H groups in total. The Kier molecular flexibility index (Phi) is 12.3. The average molecular weight is 837 g/mol. The van der Waals surface area contributed by atoms with Crippen molar-refractivity contribution in [2.24, 2.45) is 0 Å². The zero-order valence-corrected chi connectivity index (χ0v) is 34.5. The Bertz CT molecular complexity index is 2490. The summed E-state index contributed by atoms with van der Waals surface area (Å²) in [5.74, 6) is 0.861. The van der Waals surface area contributed by atoms with Gasteiger partial charge in [0.1, 0.15) is 23.7 Å². The molecule has 2 aliphatic rings. The third-order valence-corrected chi connectivity index (χ3v) is 11.7. The van der Waals surface area contributed by atoms with Crippen LogP contribution in [0.15, 0.2) is 110 Å². The first-order chi connectivity index (χ1) is 30.2. The molecule has 1 unspecified atom stereocenters. The molecule has 2 saturated heterocycles. The van der Waals surface area contributed by atoms with E-state index in [0.717, 1.165) is 57.8 Å². The summed E-state index contributed by atoms with van der Waals surface area (Å²) in [5, 5.41) is 12.5. The quantitative estimate of drug-likeness (QED) is 0.100. The van der Waals surface area contributed by atoms with E-state index in [0.29, 0.717) is 42.5 Å². The number of pyridine rings is 2. The minimum atomic E-state index is -1.18. The van der Waals surface area contributed by atoms with Crippen LogP contribution >= 0.6 is 0 Å². The molecule has 318 valence electrons. The number of nitrogens with zero attached hydrogens (tertiary/aromatic N) is 7. The number of hydrogen-bond acceptors (Lipinski definition) is 9. The van der Waals surface area contributed by atoms with Crippen molar-refractivity contribution in [2.75, 3.05) is 27.2 Å². The molecule has 2 fully saturated rings. The van der Waals surface area contributed by atoms with Gasteiger partial charge in [0.2, 0.25) is 11.8 Å². The number of methoxy groups -OCH3 is 1. The lowest BCUT2D eigenvalue weighted by atomic mass is 10.0. The van der Waals surface area contributed by atoms with Gasteiger partial charge in [-0.3, -0.25) is 24.5 Å². The molecular weight excluding hydrogens is 789 g/mol. The van der Waals surface area contributed by atoms with Crippen molar-refractivity contribution in [2.45, 2.75) is 62.7 Å². The topological polar surface area (TPSA) is 203 Å². The Balaban J connectivity index is 0.918. The van der Waals surface area contributed by atoms with Gasteiger partial charge in [-0.05, 0) is 72.2 Å². The number of alkyl carbamates (subject to hydrolysis) is 1. The van der Waals surface area contributed by atoms with Gasteiger partial charge in [0.15, 0.2) is 0 Å². The Morgan fingerprint density at radius 3 is 1.66 bits per heavy atom. The Hall–Kier alpha value is -7.36. The van der Waals surface area contributed by atoms with Gasteiger partial charge >= 0.3 is 12.2 Å². The van der Waals surface area contributed by atoms with Crippen molar-refractivity contribution in [3.63, 3.8) is 0 Å². The van der Waals surface area contributed by atoms with Crippen LogP contribution in [0.3, 0.4) is 0 Å². The van der Waals surface area contributed by atoms with Gasteiger partial charge in [-0.2, -0.15) is 0 Å². The number of benzene rings is 2. The van der Waals surface area contributed by atoms with Crippen molar-refractivity contribution in [3.8, 4) is 33.6 Å². The Morgan fingerprint density at radius 2 is 1.19 bits per heavy atom. The van der Waals surface area contributed by atoms with Crippen molar-refractivity contribution < 1.29 is 29.0 Å². The zero-order valence-electron chi connectivity index (χ0n) is 34.5. The number of ether oxygens (including phenoxy) is 1. The first kappa shape index (κ1) is 41.4. The highest BCUT2D eigenvalue weighted by Crippen LogP contribution is 2.35. The van der Waals surface area contributed by atoms with E-state index in [-0.39, 0.29) is 36.7 Å². The largest absolute Gasteiger partial charge is 0.465 e. The van der Waals surface area contributed by atoms with Gasteiger partial charge in [0.05, 0.1) is 43.0 Å². The van der Waals surface area contributed by atoms with Crippen LogP contribution < -0.4 is 5.32 Å². The van der Waals surface area contributed by atoms with Gasteiger partial charge in [-0.1, -0.05) is 60.7 Å². The minimum absolute atomic E-state index is 0.172. The van der Waals surface area contributed by atoms with Crippen LogP contribution in [0.1, 0.15) is 60.8 Å². The summed E-state index contributed by atoms with van der Waals surface area (Å²) in [6.07, 6.45) is 8.43. The fourth-order valence-corrected chi connectivity index (χ4v) is 8.38. The standard InChI is InChI=1S/C46H48N10O6/c1-54(46(60)61)40(26-34-10-4-6-22-48-34)44(58)56-24-8-12-39(56)42-50-28-37(52-42)32-19-15-30(16-20-32)29-13-17-31(18-14-29)36-27-49-41(51-36)38-11-7-23-55(38)43(57)35(53-45(59)62-2)25-33-9-3-5-21-47-33/h3-6,9-10,13-22,27-28,35,38-40H,7-8,11-12,23-26H2,1-2H3,(H,49,51)(H,50,52)(H,53,59)(H,60,61)/t35-,38?,39-,40-/m0/s1. The summed E-state index contributed by atoms with van der Waals surface area (Å²) in [5.41, 5.74) is 6.91. The second-order valence-corrected chi connectivity index (χ2v) is 15.5. The summed E-state index contributed by atoms with van der Waals surface area (Å²) in [6, 6.07) is 24.9. The summed E-state index contributed by atoms with van der Waals surface area (Å²) >= 11 is 0. The van der Waals surface area contributed by atoms with E-state index in [1.807, 2.05) is 42.5 Å². The number of H-pyrrole nitrogens is 2. The molecule has 0 saturated carbocycles. The number of aromatic nitrogens is 6. The molecule has 6 heterocycles.